The topological polar surface area (TPSA) is 61.9 Å². The summed E-state index contributed by atoms with van der Waals surface area (Å²) in [6.07, 6.45) is 5.84. The molecule has 0 aliphatic carbocycles. The molecule has 1 saturated heterocycles. The highest BCUT2D eigenvalue weighted by atomic mass is 16.5. The summed E-state index contributed by atoms with van der Waals surface area (Å²) < 4.78 is 4.93. The molecule has 0 bridgehead atoms. The summed E-state index contributed by atoms with van der Waals surface area (Å²) in [5, 5.41) is 2.73. The molecule has 0 aromatic heterocycles. The van der Waals surface area contributed by atoms with Gasteiger partial charge in [-0.05, 0) is 30.9 Å². The first-order chi connectivity index (χ1) is 15.7. The number of carbonyl (C=O) groups is 2. The van der Waals surface area contributed by atoms with Gasteiger partial charge in [-0.3, -0.25) is 9.69 Å². The Morgan fingerprint density at radius 2 is 1.72 bits per heavy atom. The third-order valence-corrected chi connectivity index (χ3v) is 5.61. The van der Waals surface area contributed by atoms with Crippen LogP contribution >= 0.6 is 0 Å². The predicted molar refractivity (Wildman–Crippen MR) is 127 cm³/mol. The normalized spacial score (nSPS) is 14.9. The van der Waals surface area contributed by atoms with E-state index in [9.17, 15) is 9.59 Å². The minimum Gasteiger partial charge on any atom is -0.465 e. The van der Waals surface area contributed by atoms with Gasteiger partial charge in [0.25, 0.3) is 0 Å². The number of piperidine rings is 1. The van der Waals surface area contributed by atoms with Crippen molar-refractivity contribution >= 4 is 18.1 Å². The maximum absolute atomic E-state index is 12.9. The van der Waals surface area contributed by atoms with Crippen LogP contribution in [0.15, 0.2) is 66.7 Å². The van der Waals surface area contributed by atoms with Crippen LogP contribution in [0.1, 0.15) is 30.9 Å². The second kappa shape index (κ2) is 12.7. The maximum Gasteiger partial charge on any atom is 0.325 e. The summed E-state index contributed by atoms with van der Waals surface area (Å²) >= 11 is 0. The zero-order valence-electron chi connectivity index (χ0n) is 18.8. The monoisotopic (exact) mass is 435 g/mol. The molecule has 32 heavy (non-hydrogen) atoms. The zero-order chi connectivity index (χ0) is 22.6. The van der Waals surface area contributed by atoms with Gasteiger partial charge in [-0.15, -0.1) is 0 Å². The van der Waals surface area contributed by atoms with Crippen LogP contribution in [0.5, 0.6) is 0 Å². The molecular formula is C26H33N3O3. The van der Waals surface area contributed by atoms with E-state index >= 15 is 0 Å². The molecule has 1 aliphatic rings. The predicted octanol–water partition coefficient (Wildman–Crippen LogP) is 3.94. The summed E-state index contributed by atoms with van der Waals surface area (Å²) in [7, 11) is 0. The Morgan fingerprint density at radius 1 is 1.06 bits per heavy atom. The molecule has 6 heteroatoms. The van der Waals surface area contributed by atoms with Gasteiger partial charge in [-0.1, -0.05) is 72.8 Å². The highest BCUT2D eigenvalue weighted by molar-refractivity contribution is 5.81. The van der Waals surface area contributed by atoms with Gasteiger partial charge in [0.15, 0.2) is 0 Å². The number of carbonyl (C=O) groups excluding carboxylic acids is 2. The summed E-state index contributed by atoms with van der Waals surface area (Å²) in [5.74, 6) is -0.418. The van der Waals surface area contributed by atoms with Crippen molar-refractivity contribution in [1.29, 1.82) is 0 Å². The van der Waals surface area contributed by atoms with E-state index in [1.165, 1.54) is 5.56 Å². The van der Waals surface area contributed by atoms with Gasteiger partial charge >= 0.3 is 12.0 Å². The van der Waals surface area contributed by atoms with Gasteiger partial charge in [0, 0.05) is 32.2 Å². The van der Waals surface area contributed by atoms with Crippen molar-refractivity contribution in [3.63, 3.8) is 0 Å². The van der Waals surface area contributed by atoms with Crippen molar-refractivity contribution in [2.75, 3.05) is 32.8 Å². The van der Waals surface area contributed by atoms with Gasteiger partial charge in [-0.2, -0.15) is 0 Å². The van der Waals surface area contributed by atoms with Crippen molar-refractivity contribution in [2.45, 2.75) is 32.4 Å². The van der Waals surface area contributed by atoms with E-state index in [4.69, 9.17) is 4.74 Å². The number of urea groups is 1. The van der Waals surface area contributed by atoms with E-state index in [1.54, 1.807) is 6.92 Å². The molecule has 6 nitrogen and oxygen atoms in total. The first kappa shape index (κ1) is 23.5. The molecule has 1 heterocycles. The summed E-state index contributed by atoms with van der Waals surface area (Å²) in [5.41, 5.74) is 2.40. The van der Waals surface area contributed by atoms with Crippen LogP contribution in [0.2, 0.25) is 0 Å². The number of nitrogens with zero attached hydrogens (tertiary/aromatic N) is 2. The molecule has 2 amide bonds. The minimum absolute atomic E-state index is 0.113. The number of ether oxygens (including phenoxy) is 1. The average Bonchev–Trinajstić information content (AvgIpc) is 2.83. The SMILES string of the molecule is CCOC(=O)CNC(=O)N(C/C=C/c1ccccc1)C1CCN(Cc2ccccc2)CC1. The second-order valence-electron chi connectivity index (χ2n) is 7.92. The lowest BCUT2D eigenvalue weighted by Crippen LogP contribution is -2.51. The highest BCUT2D eigenvalue weighted by Gasteiger charge is 2.27. The van der Waals surface area contributed by atoms with E-state index in [2.05, 4.69) is 34.5 Å². The van der Waals surface area contributed by atoms with Crippen LogP contribution in [0.4, 0.5) is 4.79 Å². The lowest BCUT2D eigenvalue weighted by Gasteiger charge is -2.38. The fourth-order valence-corrected chi connectivity index (χ4v) is 3.96. The molecule has 0 radical (unpaired) electrons. The van der Waals surface area contributed by atoms with E-state index in [1.807, 2.05) is 53.5 Å². The molecule has 2 aromatic rings. The van der Waals surface area contributed by atoms with Crippen LogP contribution in [-0.4, -0.2) is 60.6 Å². The molecule has 1 fully saturated rings. The van der Waals surface area contributed by atoms with E-state index in [0.717, 1.165) is 38.0 Å². The van der Waals surface area contributed by atoms with Gasteiger partial charge in [0.1, 0.15) is 6.54 Å². The Bertz CT molecular complexity index is 862. The molecule has 0 saturated carbocycles. The molecule has 0 unspecified atom stereocenters. The third-order valence-electron chi connectivity index (χ3n) is 5.61. The number of likely N-dealkylation sites (tertiary alicyclic amines) is 1. The number of hydrogen-bond acceptors (Lipinski definition) is 4. The maximum atomic E-state index is 12.9. The Morgan fingerprint density at radius 3 is 2.38 bits per heavy atom. The van der Waals surface area contributed by atoms with Gasteiger partial charge in [0.05, 0.1) is 6.61 Å². The summed E-state index contributed by atoms with van der Waals surface area (Å²) in [4.78, 5) is 28.9. The van der Waals surface area contributed by atoms with Crippen molar-refractivity contribution < 1.29 is 14.3 Å². The fourth-order valence-electron chi connectivity index (χ4n) is 3.96. The van der Waals surface area contributed by atoms with Gasteiger partial charge in [-0.25, -0.2) is 4.79 Å². The van der Waals surface area contributed by atoms with E-state index in [-0.39, 0.29) is 18.6 Å². The van der Waals surface area contributed by atoms with Crippen LogP contribution in [0, 0.1) is 0 Å². The minimum atomic E-state index is -0.418. The van der Waals surface area contributed by atoms with Crippen molar-refractivity contribution in [2.24, 2.45) is 0 Å². The number of esters is 1. The number of benzene rings is 2. The Labute approximate surface area is 190 Å². The molecule has 2 aromatic carbocycles. The Kier molecular flexibility index (Phi) is 9.32. The molecule has 0 spiro atoms. The number of rotatable bonds is 9. The zero-order valence-corrected chi connectivity index (χ0v) is 18.8. The molecule has 0 atom stereocenters. The molecule has 1 aliphatic heterocycles. The summed E-state index contributed by atoms with van der Waals surface area (Å²) in [6.45, 7) is 5.23. The largest absolute Gasteiger partial charge is 0.465 e. The lowest BCUT2D eigenvalue weighted by atomic mass is 10.0. The molecule has 1 N–H and O–H groups in total. The van der Waals surface area contributed by atoms with E-state index in [0.29, 0.717) is 13.2 Å². The van der Waals surface area contributed by atoms with Crippen LogP contribution in [0.3, 0.4) is 0 Å². The second-order valence-corrected chi connectivity index (χ2v) is 7.92. The number of nitrogens with one attached hydrogen (secondary N) is 1. The van der Waals surface area contributed by atoms with Crippen LogP contribution in [0.25, 0.3) is 6.08 Å². The molecule has 170 valence electrons. The van der Waals surface area contributed by atoms with Crippen molar-refractivity contribution in [3.05, 3.63) is 77.9 Å². The standard InChI is InChI=1S/C26H33N3O3/c1-2-32-25(30)20-27-26(31)29(17-9-14-22-10-5-3-6-11-22)24-15-18-28(19-16-24)21-23-12-7-4-8-13-23/h3-14,24H,2,15-21H2,1H3,(H,27,31)/b14-9+. The average molecular weight is 436 g/mol. The Balaban J connectivity index is 1.59. The smallest absolute Gasteiger partial charge is 0.325 e. The first-order valence-corrected chi connectivity index (χ1v) is 11.3. The lowest BCUT2D eigenvalue weighted by molar-refractivity contribution is -0.141. The quantitative estimate of drug-likeness (QED) is 0.606. The van der Waals surface area contributed by atoms with Gasteiger partial charge in [0.2, 0.25) is 0 Å². The third kappa shape index (κ3) is 7.54. The van der Waals surface area contributed by atoms with Gasteiger partial charge < -0.3 is 15.0 Å². The summed E-state index contributed by atoms with van der Waals surface area (Å²) in [6, 6.07) is 20.4. The van der Waals surface area contributed by atoms with Crippen molar-refractivity contribution in [3.8, 4) is 0 Å². The highest BCUT2D eigenvalue weighted by Crippen LogP contribution is 2.19. The number of amides is 2. The van der Waals surface area contributed by atoms with Crippen LogP contribution in [-0.2, 0) is 16.1 Å². The number of hydrogen-bond donors (Lipinski definition) is 1. The van der Waals surface area contributed by atoms with Crippen LogP contribution < -0.4 is 5.32 Å². The molecular weight excluding hydrogens is 402 g/mol. The Hall–Kier alpha value is -3.12. The van der Waals surface area contributed by atoms with E-state index < -0.39 is 5.97 Å². The fraction of sp³-hybridized carbons (Fsp3) is 0.385. The molecule has 3 rings (SSSR count). The van der Waals surface area contributed by atoms with Crippen molar-refractivity contribution in [1.82, 2.24) is 15.1 Å². The first-order valence-electron chi connectivity index (χ1n) is 11.3.